The molecule has 2 rings (SSSR count). The molecule has 0 amide bonds. The molecule has 102 valence electrons. The second kappa shape index (κ2) is 6.75. The molecule has 1 atom stereocenters. The number of aryl methyl sites for hydroxylation is 1. The molecule has 1 aromatic carbocycles. The van der Waals surface area contributed by atoms with Gasteiger partial charge < -0.3 is 5.73 Å². The first kappa shape index (κ1) is 14.9. The molecular formula is C14H17ClN2S2. The first-order valence-electron chi connectivity index (χ1n) is 6.23. The number of thiazole rings is 1. The molecule has 0 aliphatic carbocycles. The van der Waals surface area contributed by atoms with Gasteiger partial charge >= 0.3 is 0 Å². The summed E-state index contributed by atoms with van der Waals surface area (Å²) in [6.45, 7) is 4.10. The fourth-order valence-electron chi connectivity index (χ4n) is 1.71. The number of benzene rings is 1. The lowest BCUT2D eigenvalue weighted by atomic mass is 10.0. The molecule has 1 heterocycles. The number of hydrogen-bond acceptors (Lipinski definition) is 4. The highest BCUT2D eigenvalue weighted by molar-refractivity contribution is 8.01. The van der Waals surface area contributed by atoms with Crippen LogP contribution < -0.4 is 5.73 Å². The summed E-state index contributed by atoms with van der Waals surface area (Å²) < 4.78 is 1.05. The van der Waals surface area contributed by atoms with E-state index in [-0.39, 0.29) is 6.04 Å². The third kappa shape index (κ3) is 3.96. The van der Waals surface area contributed by atoms with Crippen LogP contribution in [0, 0.1) is 6.92 Å². The number of halogens is 1. The van der Waals surface area contributed by atoms with Crippen molar-refractivity contribution in [3.63, 3.8) is 0 Å². The zero-order chi connectivity index (χ0) is 13.8. The monoisotopic (exact) mass is 312 g/mol. The molecule has 0 saturated heterocycles. The Morgan fingerprint density at radius 3 is 2.89 bits per heavy atom. The molecule has 2 nitrogen and oxygen atoms in total. The largest absolute Gasteiger partial charge is 0.327 e. The molecule has 19 heavy (non-hydrogen) atoms. The Hall–Kier alpha value is -0.550. The van der Waals surface area contributed by atoms with Gasteiger partial charge in [0, 0.05) is 27.0 Å². The Bertz CT molecular complexity index is 554. The number of rotatable bonds is 5. The average molecular weight is 313 g/mol. The van der Waals surface area contributed by atoms with Gasteiger partial charge in [-0.3, -0.25) is 0 Å². The lowest BCUT2D eigenvalue weighted by Gasteiger charge is -2.14. The Morgan fingerprint density at radius 2 is 2.26 bits per heavy atom. The van der Waals surface area contributed by atoms with Gasteiger partial charge in [0.05, 0.1) is 0 Å². The fourth-order valence-corrected chi connectivity index (χ4v) is 3.99. The molecule has 1 aromatic heterocycles. The average Bonchev–Trinajstić information content (AvgIpc) is 2.79. The standard InChI is InChI=1S/C14H17ClN2S2/c1-3-10(16)7-11-12(15)5-4-6-13(11)19-14-17-9(2)8-18-14/h4-6,8,10H,3,7,16H2,1-2H3. The molecule has 0 aliphatic heterocycles. The van der Waals surface area contributed by atoms with Gasteiger partial charge in [-0.25, -0.2) is 4.98 Å². The van der Waals surface area contributed by atoms with Crippen LogP contribution >= 0.6 is 34.7 Å². The van der Waals surface area contributed by atoms with E-state index in [2.05, 4.69) is 23.4 Å². The van der Waals surface area contributed by atoms with Crippen molar-refractivity contribution in [2.75, 3.05) is 0 Å². The Morgan fingerprint density at radius 1 is 1.47 bits per heavy atom. The van der Waals surface area contributed by atoms with Gasteiger partial charge in [-0.05, 0) is 37.5 Å². The van der Waals surface area contributed by atoms with Crippen molar-refractivity contribution in [3.8, 4) is 0 Å². The van der Waals surface area contributed by atoms with E-state index in [0.29, 0.717) is 0 Å². The summed E-state index contributed by atoms with van der Waals surface area (Å²) in [4.78, 5) is 5.64. The first-order chi connectivity index (χ1) is 9.10. The molecule has 0 radical (unpaired) electrons. The van der Waals surface area contributed by atoms with Crippen molar-refractivity contribution in [1.82, 2.24) is 4.98 Å². The van der Waals surface area contributed by atoms with Gasteiger partial charge in [0.2, 0.25) is 0 Å². The molecule has 5 heteroatoms. The number of aromatic nitrogens is 1. The molecule has 0 saturated carbocycles. The Balaban J connectivity index is 2.26. The van der Waals surface area contributed by atoms with E-state index in [9.17, 15) is 0 Å². The van der Waals surface area contributed by atoms with Gasteiger partial charge in [0.15, 0.2) is 4.34 Å². The summed E-state index contributed by atoms with van der Waals surface area (Å²) in [6.07, 6.45) is 1.76. The minimum atomic E-state index is 0.150. The Kier molecular flexibility index (Phi) is 5.28. The van der Waals surface area contributed by atoms with Crippen LogP contribution in [0.25, 0.3) is 0 Å². The summed E-state index contributed by atoms with van der Waals surface area (Å²) >= 11 is 9.65. The number of hydrogen-bond donors (Lipinski definition) is 1. The van der Waals surface area contributed by atoms with Crippen molar-refractivity contribution in [2.24, 2.45) is 5.73 Å². The summed E-state index contributed by atoms with van der Waals surface area (Å²) in [5.74, 6) is 0. The number of nitrogens with two attached hydrogens (primary N) is 1. The highest BCUT2D eigenvalue weighted by Crippen LogP contribution is 2.35. The van der Waals surface area contributed by atoms with Crippen LogP contribution in [-0.2, 0) is 6.42 Å². The van der Waals surface area contributed by atoms with E-state index in [1.54, 1.807) is 23.1 Å². The smallest absolute Gasteiger partial charge is 0.154 e. The van der Waals surface area contributed by atoms with Crippen molar-refractivity contribution < 1.29 is 0 Å². The van der Waals surface area contributed by atoms with Gasteiger partial charge in [-0.2, -0.15) is 0 Å². The lowest BCUT2D eigenvalue weighted by Crippen LogP contribution is -2.21. The maximum Gasteiger partial charge on any atom is 0.154 e. The van der Waals surface area contributed by atoms with E-state index in [4.69, 9.17) is 17.3 Å². The fraction of sp³-hybridized carbons (Fsp3) is 0.357. The van der Waals surface area contributed by atoms with Crippen LogP contribution in [0.15, 0.2) is 32.8 Å². The van der Waals surface area contributed by atoms with Gasteiger partial charge in [-0.15, -0.1) is 11.3 Å². The minimum absolute atomic E-state index is 0.150. The molecule has 0 fully saturated rings. The van der Waals surface area contributed by atoms with Crippen molar-refractivity contribution >= 4 is 34.7 Å². The van der Waals surface area contributed by atoms with Crippen molar-refractivity contribution in [1.29, 1.82) is 0 Å². The van der Waals surface area contributed by atoms with E-state index in [1.807, 2.05) is 19.1 Å². The highest BCUT2D eigenvalue weighted by Gasteiger charge is 2.13. The molecule has 0 bridgehead atoms. The van der Waals surface area contributed by atoms with Crippen LogP contribution in [0.3, 0.4) is 0 Å². The van der Waals surface area contributed by atoms with Gasteiger partial charge in [0.25, 0.3) is 0 Å². The van der Waals surface area contributed by atoms with Crippen LogP contribution in [-0.4, -0.2) is 11.0 Å². The predicted octanol–water partition coefficient (Wildman–Crippen LogP) is 4.54. The maximum absolute atomic E-state index is 6.32. The van der Waals surface area contributed by atoms with E-state index in [1.165, 1.54) is 0 Å². The zero-order valence-electron chi connectivity index (χ0n) is 11.0. The van der Waals surface area contributed by atoms with Crippen LogP contribution in [0.2, 0.25) is 5.02 Å². The molecule has 2 N–H and O–H groups in total. The predicted molar refractivity (Wildman–Crippen MR) is 84.4 cm³/mol. The normalized spacial score (nSPS) is 12.6. The Labute approximate surface area is 127 Å². The summed E-state index contributed by atoms with van der Waals surface area (Å²) in [5, 5.41) is 2.85. The van der Waals surface area contributed by atoms with Crippen LogP contribution in [0.1, 0.15) is 24.6 Å². The van der Waals surface area contributed by atoms with Gasteiger partial charge in [0.1, 0.15) is 0 Å². The summed E-state index contributed by atoms with van der Waals surface area (Å²) in [5.41, 5.74) is 8.25. The zero-order valence-corrected chi connectivity index (χ0v) is 13.4. The second-order valence-corrected chi connectivity index (χ2v) is 7.00. The molecule has 0 spiro atoms. The second-order valence-electron chi connectivity index (χ2n) is 4.45. The van der Waals surface area contributed by atoms with E-state index in [0.717, 1.165) is 38.4 Å². The molecule has 1 unspecified atom stereocenters. The highest BCUT2D eigenvalue weighted by atomic mass is 35.5. The third-order valence-corrected chi connectivity index (χ3v) is 5.37. The summed E-state index contributed by atoms with van der Waals surface area (Å²) in [6, 6.07) is 6.14. The minimum Gasteiger partial charge on any atom is -0.327 e. The molecular weight excluding hydrogens is 296 g/mol. The topological polar surface area (TPSA) is 38.9 Å². The molecule has 0 aliphatic rings. The van der Waals surface area contributed by atoms with Crippen molar-refractivity contribution in [3.05, 3.63) is 39.9 Å². The molecule has 2 aromatic rings. The maximum atomic E-state index is 6.32. The number of nitrogens with zero attached hydrogens (tertiary/aromatic N) is 1. The van der Waals surface area contributed by atoms with E-state index < -0.39 is 0 Å². The first-order valence-corrected chi connectivity index (χ1v) is 8.30. The third-order valence-electron chi connectivity index (χ3n) is 2.86. The van der Waals surface area contributed by atoms with Crippen LogP contribution in [0.4, 0.5) is 0 Å². The van der Waals surface area contributed by atoms with Crippen LogP contribution in [0.5, 0.6) is 0 Å². The van der Waals surface area contributed by atoms with Crippen molar-refractivity contribution in [2.45, 2.75) is 42.0 Å². The summed E-state index contributed by atoms with van der Waals surface area (Å²) in [7, 11) is 0. The SMILES string of the molecule is CCC(N)Cc1c(Cl)cccc1Sc1nc(C)cs1. The van der Waals surface area contributed by atoms with Gasteiger partial charge in [-0.1, -0.05) is 36.4 Å². The van der Waals surface area contributed by atoms with E-state index >= 15 is 0 Å². The lowest BCUT2D eigenvalue weighted by molar-refractivity contribution is 0.641. The quantitative estimate of drug-likeness (QED) is 0.881.